The predicted molar refractivity (Wildman–Crippen MR) is 154 cm³/mol. The second-order valence-corrected chi connectivity index (χ2v) is 9.49. The van der Waals surface area contributed by atoms with Crippen molar-refractivity contribution in [3.05, 3.63) is 95.2 Å². The number of methoxy groups -OCH3 is 1. The number of hydrogen-bond acceptors (Lipinski definition) is 8. The van der Waals surface area contributed by atoms with E-state index in [1.54, 1.807) is 37.6 Å². The van der Waals surface area contributed by atoms with Crippen LogP contribution >= 0.6 is 0 Å². The number of rotatable bonds is 8. The molecule has 2 heterocycles. The number of anilines is 3. The molecule has 0 atom stereocenters. The van der Waals surface area contributed by atoms with Crippen LogP contribution in [0.25, 0.3) is 11.3 Å². The maximum atomic E-state index is 13.0. The summed E-state index contributed by atoms with van der Waals surface area (Å²) in [6.45, 7) is 6.14. The molecule has 9 nitrogen and oxygen atoms in total. The van der Waals surface area contributed by atoms with Gasteiger partial charge in [0.25, 0.3) is 5.91 Å². The van der Waals surface area contributed by atoms with Gasteiger partial charge in [0.05, 0.1) is 38.2 Å². The first-order chi connectivity index (χ1) is 19.5. The van der Waals surface area contributed by atoms with Crippen molar-refractivity contribution >= 4 is 23.2 Å². The molecule has 1 aromatic heterocycles. The van der Waals surface area contributed by atoms with Gasteiger partial charge in [-0.1, -0.05) is 24.3 Å². The fourth-order valence-electron chi connectivity index (χ4n) is 4.44. The van der Waals surface area contributed by atoms with Crippen LogP contribution in [0, 0.1) is 18.3 Å². The van der Waals surface area contributed by atoms with Crippen molar-refractivity contribution in [2.75, 3.05) is 44.0 Å². The summed E-state index contributed by atoms with van der Waals surface area (Å²) in [5.41, 5.74) is 6.21. The number of nitriles is 1. The first-order valence-electron chi connectivity index (χ1n) is 13.0. The lowest BCUT2D eigenvalue weighted by Gasteiger charge is -2.26. The zero-order chi connectivity index (χ0) is 27.9. The van der Waals surface area contributed by atoms with Crippen molar-refractivity contribution < 1.29 is 14.3 Å². The van der Waals surface area contributed by atoms with Gasteiger partial charge >= 0.3 is 0 Å². The molecule has 1 saturated heterocycles. The van der Waals surface area contributed by atoms with E-state index >= 15 is 0 Å². The molecule has 5 rings (SSSR count). The maximum absolute atomic E-state index is 13.0. The molecular formula is C31H30N6O3. The highest BCUT2D eigenvalue weighted by Crippen LogP contribution is 2.29. The predicted octanol–water partition coefficient (Wildman–Crippen LogP) is 5.16. The summed E-state index contributed by atoms with van der Waals surface area (Å²) in [5.74, 6) is 0.721. The van der Waals surface area contributed by atoms with Crippen LogP contribution in [0.15, 0.2) is 72.9 Å². The van der Waals surface area contributed by atoms with E-state index in [0.29, 0.717) is 28.5 Å². The Kier molecular flexibility index (Phi) is 8.30. The van der Waals surface area contributed by atoms with Gasteiger partial charge in [-0.15, -0.1) is 0 Å². The van der Waals surface area contributed by atoms with Crippen molar-refractivity contribution in [2.24, 2.45) is 0 Å². The highest BCUT2D eigenvalue weighted by atomic mass is 16.5. The fourth-order valence-corrected chi connectivity index (χ4v) is 4.44. The van der Waals surface area contributed by atoms with Crippen LogP contribution in [0.2, 0.25) is 0 Å². The van der Waals surface area contributed by atoms with Crippen LogP contribution in [0.5, 0.6) is 5.75 Å². The summed E-state index contributed by atoms with van der Waals surface area (Å²) in [7, 11) is 1.56. The van der Waals surface area contributed by atoms with E-state index in [0.717, 1.165) is 60.9 Å². The lowest BCUT2D eigenvalue weighted by atomic mass is 10.1. The van der Waals surface area contributed by atoms with Crippen molar-refractivity contribution in [1.29, 1.82) is 5.26 Å². The van der Waals surface area contributed by atoms with Crippen LogP contribution in [0.4, 0.5) is 17.3 Å². The van der Waals surface area contributed by atoms with Crippen molar-refractivity contribution in [3.63, 3.8) is 0 Å². The lowest BCUT2D eigenvalue weighted by Crippen LogP contribution is -2.35. The van der Waals surface area contributed by atoms with Crippen LogP contribution in [0.3, 0.4) is 0 Å². The fraction of sp³-hybridized carbons (Fsp3) is 0.226. The zero-order valence-electron chi connectivity index (χ0n) is 22.5. The third kappa shape index (κ3) is 6.43. The Morgan fingerprint density at radius 1 is 1.07 bits per heavy atom. The van der Waals surface area contributed by atoms with Crippen molar-refractivity contribution in [3.8, 4) is 23.1 Å². The number of amides is 1. The van der Waals surface area contributed by atoms with Gasteiger partial charge in [0.1, 0.15) is 5.69 Å². The van der Waals surface area contributed by atoms with Gasteiger partial charge in [0.15, 0.2) is 5.75 Å². The molecule has 2 N–H and O–H groups in total. The summed E-state index contributed by atoms with van der Waals surface area (Å²) in [5, 5.41) is 15.3. The van der Waals surface area contributed by atoms with Crippen molar-refractivity contribution in [2.45, 2.75) is 13.5 Å². The smallest absolute Gasteiger partial charge is 0.255 e. The number of aryl methyl sites for hydroxylation is 1. The molecule has 1 amide bonds. The summed E-state index contributed by atoms with van der Waals surface area (Å²) in [6.07, 6.45) is 1.60. The van der Waals surface area contributed by atoms with E-state index in [1.165, 1.54) is 0 Å². The second kappa shape index (κ2) is 12.4. The van der Waals surface area contributed by atoms with E-state index in [1.807, 2.05) is 43.3 Å². The van der Waals surface area contributed by atoms with Gasteiger partial charge in [-0.25, -0.2) is 9.97 Å². The van der Waals surface area contributed by atoms with Gasteiger partial charge in [-0.2, -0.15) is 5.26 Å². The van der Waals surface area contributed by atoms with E-state index in [9.17, 15) is 4.79 Å². The molecule has 3 aromatic carbocycles. The Morgan fingerprint density at radius 3 is 2.52 bits per heavy atom. The Labute approximate surface area is 233 Å². The van der Waals surface area contributed by atoms with Crippen LogP contribution in [-0.2, 0) is 11.3 Å². The number of ether oxygens (including phenoxy) is 2. The Hall–Kier alpha value is -4.78. The standard InChI is InChI=1S/C31H30N6O3/c1-21-3-4-23(20-37-13-15-40-16-14-37)17-27(21)35-30(38)25-9-11-26(12-10-25)34-31-33-19-28(39-2)29(36-31)24-7-5-22(18-32)6-8-24/h3-12,17,19H,13-16,20H2,1-2H3,(H,35,38)(H,33,34,36). The molecule has 0 radical (unpaired) electrons. The minimum Gasteiger partial charge on any atom is -0.493 e. The van der Waals surface area contributed by atoms with Gasteiger partial charge in [0.2, 0.25) is 5.95 Å². The highest BCUT2D eigenvalue weighted by Gasteiger charge is 2.14. The number of carbonyl (C=O) groups excluding carboxylic acids is 1. The van der Waals surface area contributed by atoms with Gasteiger partial charge in [-0.05, 0) is 60.5 Å². The number of nitrogens with one attached hydrogen (secondary N) is 2. The number of benzene rings is 3. The Morgan fingerprint density at radius 2 is 1.82 bits per heavy atom. The summed E-state index contributed by atoms with van der Waals surface area (Å²) in [6, 6.07) is 22.6. The number of nitrogens with zero attached hydrogens (tertiary/aromatic N) is 4. The second-order valence-electron chi connectivity index (χ2n) is 9.49. The first-order valence-corrected chi connectivity index (χ1v) is 13.0. The molecule has 0 spiro atoms. The number of carbonyl (C=O) groups is 1. The SMILES string of the molecule is COc1cnc(Nc2ccc(C(=O)Nc3cc(CN4CCOCC4)ccc3C)cc2)nc1-c1ccc(C#N)cc1. The third-order valence-corrected chi connectivity index (χ3v) is 6.73. The highest BCUT2D eigenvalue weighted by molar-refractivity contribution is 6.04. The summed E-state index contributed by atoms with van der Waals surface area (Å²) in [4.78, 5) is 24.4. The van der Waals surface area contributed by atoms with E-state index in [-0.39, 0.29) is 5.91 Å². The van der Waals surface area contributed by atoms with Gasteiger partial charge in [-0.3, -0.25) is 9.69 Å². The van der Waals surface area contributed by atoms with Gasteiger partial charge < -0.3 is 20.1 Å². The molecule has 4 aromatic rings. The monoisotopic (exact) mass is 534 g/mol. The maximum Gasteiger partial charge on any atom is 0.255 e. The molecule has 0 unspecified atom stereocenters. The number of hydrogen-bond donors (Lipinski definition) is 2. The molecule has 1 fully saturated rings. The van der Waals surface area contributed by atoms with E-state index < -0.39 is 0 Å². The molecule has 0 saturated carbocycles. The minimum absolute atomic E-state index is 0.179. The Bertz CT molecular complexity index is 1520. The van der Waals surface area contributed by atoms with E-state index in [2.05, 4.69) is 37.6 Å². The molecule has 1 aliphatic rings. The van der Waals surface area contributed by atoms with Crippen LogP contribution in [-0.4, -0.2) is 54.2 Å². The molecule has 9 heteroatoms. The van der Waals surface area contributed by atoms with Crippen molar-refractivity contribution in [1.82, 2.24) is 14.9 Å². The number of morpholine rings is 1. The van der Waals surface area contributed by atoms with Gasteiger partial charge in [0, 0.05) is 42.1 Å². The zero-order valence-corrected chi connectivity index (χ0v) is 22.5. The molecule has 202 valence electrons. The van der Waals surface area contributed by atoms with Crippen LogP contribution in [0.1, 0.15) is 27.0 Å². The molecular weight excluding hydrogens is 504 g/mol. The minimum atomic E-state index is -0.179. The Balaban J connectivity index is 1.26. The topological polar surface area (TPSA) is 112 Å². The average Bonchev–Trinajstić information content (AvgIpc) is 3.00. The first kappa shape index (κ1) is 26.8. The third-order valence-electron chi connectivity index (χ3n) is 6.73. The molecule has 40 heavy (non-hydrogen) atoms. The molecule has 0 aliphatic carbocycles. The van der Waals surface area contributed by atoms with Crippen LogP contribution < -0.4 is 15.4 Å². The molecule has 1 aliphatic heterocycles. The number of aromatic nitrogens is 2. The lowest BCUT2D eigenvalue weighted by molar-refractivity contribution is 0.0342. The molecule has 0 bridgehead atoms. The summed E-state index contributed by atoms with van der Waals surface area (Å²) >= 11 is 0. The largest absolute Gasteiger partial charge is 0.493 e. The van der Waals surface area contributed by atoms with E-state index in [4.69, 9.17) is 14.7 Å². The normalized spacial score (nSPS) is 13.3. The average molecular weight is 535 g/mol. The quantitative estimate of drug-likeness (QED) is 0.319. The summed E-state index contributed by atoms with van der Waals surface area (Å²) < 4.78 is 10.9.